The zero-order chi connectivity index (χ0) is 18.2. The smallest absolute Gasteiger partial charge is 0.191 e. The first-order valence-corrected chi connectivity index (χ1v) is 10.5. The lowest BCUT2D eigenvalue weighted by molar-refractivity contribution is 0.789. The molecule has 0 spiro atoms. The van der Waals surface area contributed by atoms with Gasteiger partial charge in [0, 0.05) is 43.0 Å². The number of halogens is 1. The second-order valence-corrected chi connectivity index (χ2v) is 7.59. The van der Waals surface area contributed by atoms with Crippen LogP contribution in [0.1, 0.15) is 31.0 Å². The van der Waals surface area contributed by atoms with Crippen molar-refractivity contribution >= 4 is 34.0 Å². The third-order valence-electron chi connectivity index (χ3n) is 4.27. The molecule has 1 aromatic carbocycles. The minimum atomic E-state index is 0.627. The lowest BCUT2D eigenvalue weighted by Gasteiger charge is -2.12. The zero-order valence-corrected chi connectivity index (χ0v) is 16.7. The van der Waals surface area contributed by atoms with Crippen molar-refractivity contribution in [3.63, 3.8) is 0 Å². The van der Waals surface area contributed by atoms with Crippen molar-refractivity contribution in [2.45, 2.75) is 32.7 Å². The molecule has 0 bridgehead atoms. The summed E-state index contributed by atoms with van der Waals surface area (Å²) in [5, 5.41) is 10.8. The number of rotatable bonds is 7. The van der Waals surface area contributed by atoms with E-state index in [9.17, 15) is 0 Å². The largest absolute Gasteiger partial charge is 0.357 e. The highest BCUT2D eigenvalue weighted by atomic mass is 35.5. The number of guanidine groups is 1. The van der Waals surface area contributed by atoms with Crippen LogP contribution in [-0.2, 0) is 13.0 Å². The molecule has 5 nitrogen and oxygen atoms in total. The van der Waals surface area contributed by atoms with Gasteiger partial charge in [0.15, 0.2) is 11.1 Å². The summed E-state index contributed by atoms with van der Waals surface area (Å²) in [6.45, 7) is 6.64. The van der Waals surface area contributed by atoms with E-state index in [1.807, 2.05) is 24.3 Å². The third-order valence-corrected chi connectivity index (χ3v) is 5.47. The number of thiazole rings is 1. The number of hydrogen-bond donors (Lipinski definition) is 2. The first-order valence-electron chi connectivity index (χ1n) is 9.20. The van der Waals surface area contributed by atoms with Crippen LogP contribution in [0.4, 0.5) is 5.13 Å². The van der Waals surface area contributed by atoms with Gasteiger partial charge in [-0.25, -0.2) is 9.98 Å². The molecule has 7 heteroatoms. The molecular weight excluding hydrogens is 366 g/mol. The number of anilines is 1. The first kappa shape index (κ1) is 19.0. The Morgan fingerprint density at radius 2 is 2.00 bits per heavy atom. The molecule has 140 valence electrons. The van der Waals surface area contributed by atoms with Crippen LogP contribution in [0.2, 0.25) is 5.02 Å². The van der Waals surface area contributed by atoms with E-state index in [0.717, 1.165) is 54.8 Å². The summed E-state index contributed by atoms with van der Waals surface area (Å²) in [6.07, 6.45) is 3.47. The van der Waals surface area contributed by atoms with E-state index in [1.165, 1.54) is 18.0 Å². The molecule has 0 amide bonds. The van der Waals surface area contributed by atoms with E-state index < -0.39 is 0 Å². The van der Waals surface area contributed by atoms with Gasteiger partial charge in [-0.2, -0.15) is 0 Å². The molecule has 2 aromatic rings. The molecule has 2 heterocycles. The summed E-state index contributed by atoms with van der Waals surface area (Å²) in [5.41, 5.74) is 2.29. The standard InChI is InChI=1S/C19H26ClN5S/c1-2-21-18(23-13-15-5-7-16(20)8-6-15)22-10-9-17-14-26-19(24-17)25-11-3-4-12-25/h5-8,14H,2-4,9-13H2,1H3,(H2,21,22,23). The maximum Gasteiger partial charge on any atom is 0.191 e. The lowest BCUT2D eigenvalue weighted by atomic mass is 10.2. The van der Waals surface area contributed by atoms with Crippen LogP contribution in [0, 0.1) is 0 Å². The van der Waals surface area contributed by atoms with Gasteiger partial charge < -0.3 is 15.5 Å². The highest BCUT2D eigenvalue weighted by molar-refractivity contribution is 7.13. The third kappa shape index (κ3) is 5.61. The Kier molecular flexibility index (Phi) is 7.14. The SMILES string of the molecule is CCNC(=NCc1ccc(Cl)cc1)NCCc1csc(N2CCCC2)n1. The van der Waals surface area contributed by atoms with Gasteiger partial charge in [0.25, 0.3) is 0 Å². The van der Waals surface area contributed by atoms with Crippen LogP contribution >= 0.6 is 22.9 Å². The topological polar surface area (TPSA) is 52.6 Å². The van der Waals surface area contributed by atoms with E-state index in [1.54, 1.807) is 11.3 Å². The van der Waals surface area contributed by atoms with Crippen LogP contribution in [0.25, 0.3) is 0 Å². The summed E-state index contributed by atoms with van der Waals surface area (Å²) >= 11 is 7.68. The molecule has 0 radical (unpaired) electrons. The number of hydrogen-bond acceptors (Lipinski definition) is 4. The van der Waals surface area contributed by atoms with E-state index in [0.29, 0.717) is 6.54 Å². The van der Waals surface area contributed by atoms with Gasteiger partial charge >= 0.3 is 0 Å². The van der Waals surface area contributed by atoms with Crippen molar-refractivity contribution in [2.75, 3.05) is 31.1 Å². The monoisotopic (exact) mass is 391 g/mol. The Hall–Kier alpha value is -1.79. The highest BCUT2D eigenvalue weighted by Crippen LogP contribution is 2.24. The lowest BCUT2D eigenvalue weighted by Crippen LogP contribution is -2.38. The Bertz CT molecular complexity index is 707. The van der Waals surface area contributed by atoms with Gasteiger partial charge in [-0.1, -0.05) is 23.7 Å². The number of aliphatic imine (C=N–C) groups is 1. The number of benzene rings is 1. The van der Waals surface area contributed by atoms with Gasteiger partial charge in [-0.05, 0) is 37.5 Å². The van der Waals surface area contributed by atoms with Crippen molar-refractivity contribution < 1.29 is 0 Å². The van der Waals surface area contributed by atoms with Crippen molar-refractivity contribution in [3.8, 4) is 0 Å². The number of nitrogens with one attached hydrogen (secondary N) is 2. The van der Waals surface area contributed by atoms with Crippen molar-refractivity contribution in [2.24, 2.45) is 4.99 Å². The van der Waals surface area contributed by atoms with Crippen molar-refractivity contribution in [1.82, 2.24) is 15.6 Å². The minimum absolute atomic E-state index is 0.627. The minimum Gasteiger partial charge on any atom is -0.357 e. The van der Waals surface area contributed by atoms with Crippen molar-refractivity contribution in [3.05, 3.63) is 45.9 Å². The zero-order valence-electron chi connectivity index (χ0n) is 15.2. The van der Waals surface area contributed by atoms with Gasteiger partial charge in [0.2, 0.25) is 0 Å². The van der Waals surface area contributed by atoms with Crippen molar-refractivity contribution in [1.29, 1.82) is 0 Å². The molecule has 0 aliphatic carbocycles. The molecule has 0 atom stereocenters. The summed E-state index contributed by atoms with van der Waals surface area (Å²) in [7, 11) is 0. The molecule has 1 aliphatic rings. The van der Waals surface area contributed by atoms with Gasteiger partial charge in [-0.15, -0.1) is 11.3 Å². The average molecular weight is 392 g/mol. The Morgan fingerprint density at radius 3 is 2.73 bits per heavy atom. The molecular formula is C19H26ClN5S. The van der Waals surface area contributed by atoms with E-state index in [4.69, 9.17) is 16.6 Å². The molecule has 3 rings (SSSR count). The van der Waals surface area contributed by atoms with Gasteiger partial charge in [-0.3, -0.25) is 0 Å². The maximum absolute atomic E-state index is 5.93. The fourth-order valence-electron chi connectivity index (χ4n) is 2.88. The molecule has 1 fully saturated rings. The summed E-state index contributed by atoms with van der Waals surface area (Å²) in [6, 6.07) is 7.80. The number of nitrogens with zero attached hydrogens (tertiary/aromatic N) is 3. The summed E-state index contributed by atoms with van der Waals surface area (Å²) in [5.74, 6) is 0.831. The average Bonchev–Trinajstić information content (AvgIpc) is 3.32. The second kappa shape index (κ2) is 9.78. The number of aromatic nitrogens is 1. The summed E-state index contributed by atoms with van der Waals surface area (Å²) < 4.78 is 0. The molecule has 1 aliphatic heterocycles. The predicted molar refractivity (Wildman–Crippen MR) is 112 cm³/mol. The van der Waals surface area contributed by atoms with Crippen LogP contribution in [0.3, 0.4) is 0 Å². The van der Waals surface area contributed by atoms with E-state index >= 15 is 0 Å². The molecule has 0 unspecified atom stereocenters. The normalized spacial score (nSPS) is 14.7. The summed E-state index contributed by atoms with van der Waals surface area (Å²) in [4.78, 5) is 11.8. The Labute approximate surface area is 164 Å². The Morgan fingerprint density at radius 1 is 1.23 bits per heavy atom. The highest BCUT2D eigenvalue weighted by Gasteiger charge is 2.15. The Balaban J connectivity index is 1.48. The van der Waals surface area contributed by atoms with Gasteiger partial charge in [0.1, 0.15) is 0 Å². The van der Waals surface area contributed by atoms with Crippen LogP contribution in [0.5, 0.6) is 0 Å². The molecule has 2 N–H and O–H groups in total. The fourth-order valence-corrected chi connectivity index (χ4v) is 3.92. The van der Waals surface area contributed by atoms with Crippen LogP contribution < -0.4 is 15.5 Å². The van der Waals surface area contributed by atoms with Crippen LogP contribution in [-0.4, -0.2) is 37.1 Å². The maximum atomic E-state index is 5.93. The molecule has 0 saturated carbocycles. The van der Waals surface area contributed by atoms with E-state index in [2.05, 4.69) is 32.8 Å². The fraction of sp³-hybridized carbons (Fsp3) is 0.474. The quantitative estimate of drug-likeness (QED) is 0.558. The molecule has 1 aromatic heterocycles. The first-order chi connectivity index (χ1) is 12.7. The van der Waals surface area contributed by atoms with E-state index in [-0.39, 0.29) is 0 Å². The van der Waals surface area contributed by atoms with Gasteiger partial charge in [0.05, 0.1) is 12.2 Å². The second-order valence-electron chi connectivity index (χ2n) is 6.31. The molecule has 26 heavy (non-hydrogen) atoms. The van der Waals surface area contributed by atoms with Crippen LogP contribution in [0.15, 0.2) is 34.6 Å². The predicted octanol–water partition coefficient (Wildman–Crippen LogP) is 3.69. The molecule has 1 saturated heterocycles.